The van der Waals surface area contributed by atoms with Crippen LogP contribution in [0.3, 0.4) is 0 Å². The minimum atomic E-state index is -0.158. The van der Waals surface area contributed by atoms with E-state index in [4.69, 9.17) is 11.6 Å². The zero-order chi connectivity index (χ0) is 17.4. The van der Waals surface area contributed by atoms with Crippen molar-refractivity contribution in [3.05, 3.63) is 53.1 Å². The monoisotopic (exact) mass is 356 g/mol. The van der Waals surface area contributed by atoms with Crippen molar-refractivity contribution < 1.29 is 4.79 Å². The van der Waals surface area contributed by atoms with Crippen molar-refractivity contribution in [2.75, 3.05) is 31.1 Å². The molecule has 1 amide bonds. The van der Waals surface area contributed by atoms with Crippen LogP contribution >= 0.6 is 11.6 Å². The molecule has 4 rings (SSSR count). The first-order valence-corrected chi connectivity index (χ1v) is 8.47. The summed E-state index contributed by atoms with van der Waals surface area (Å²) < 4.78 is 1.55. The van der Waals surface area contributed by atoms with Gasteiger partial charge in [0.2, 0.25) is 5.82 Å². The highest BCUT2D eigenvalue weighted by Crippen LogP contribution is 2.21. The van der Waals surface area contributed by atoms with Gasteiger partial charge in [-0.05, 0) is 30.7 Å². The molecule has 0 atom stereocenters. The summed E-state index contributed by atoms with van der Waals surface area (Å²) in [4.78, 5) is 25.1. The van der Waals surface area contributed by atoms with Crippen LogP contribution in [-0.2, 0) is 0 Å². The number of fused-ring (bicyclic) bond motifs is 1. The molecule has 25 heavy (non-hydrogen) atoms. The van der Waals surface area contributed by atoms with Crippen LogP contribution in [0, 0.1) is 6.92 Å². The molecule has 1 aromatic carbocycles. The zero-order valence-electron chi connectivity index (χ0n) is 13.8. The minimum Gasteiger partial charge on any atom is -0.368 e. The average Bonchev–Trinajstić information content (AvgIpc) is 3.04. The van der Waals surface area contributed by atoms with Crippen LogP contribution in [0.1, 0.15) is 16.2 Å². The van der Waals surface area contributed by atoms with Gasteiger partial charge in [0.25, 0.3) is 11.7 Å². The highest BCUT2D eigenvalue weighted by atomic mass is 35.5. The van der Waals surface area contributed by atoms with Crippen LogP contribution in [0.15, 0.2) is 36.7 Å². The number of hydrogen-bond donors (Lipinski definition) is 0. The summed E-state index contributed by atoms with van der Waals surface area (Å²) in [5.74, 6) is 0.467. The summed E-state index contributed by atoms with van der Waals surface area (Å²) in [6, 6.07) is 7.76. The summed E-state index contributed by atoms with van der Waals surface area (Å²) in [7, 11) is 0. The summed E-state index contributed by atoms with van der Waals surface area (Å²) in [5.41, 5.74) is 2.04. The molecule has 1 aliphatic rings. The van der Waals surface area contributed by atoms with E-state index in [1.54, 1.807) is 15.6 Å². The topological polar surface area (TPSA) is 66.6 Å². The number of amides is 1. The van der Waals surface area contributed by atoms with Gasteiger partial charge in [0.1, 0.15) is 0 Å². The third kappa shape index (κ3) is 3.15. The lowest BCUT2D eigenvalue weighted by atomic mass is 10.2. The molecular formula is C17H17ClN6O. The molecule has 0 unspecified atom stereocenters. The van der Waals surface area contributed by atoms with E-state index >= 15 is 0 Å². The summed E-state index contributed by atoms with van der Waals surface area (Å²) in [5, 5.41) is 4.97. The molecule has 0 N–H and O–H groups in total. The third-order valence-corrected chi connectivity index (χ3v) is 4.49. The van der Waals surface area contributed by atoms with Crippen LogP contribution in [0.25, 0.3) is 5.78 Å². The lowest BCUT2D eigenvalue weighted by Gasteiger charge is -2.35. The Morgan fingerprint density at radius 3 is 2.76 bits per heavy atom. The van der Waals surface area contributed by atoms with Crippen molar-refractivity contribution in [3.8, 4) is 0 Å². The molecular weight excluding hydrogens is 340 g/mol. The molecule has 0 spiro atoms. The first-order valence-electron chi connectivity index (χ1n) is 8.09. The van der Waals surface area contributed by atoms with E-state index in [-0.39, 0.29) is 11.7 Å². The van der Waals surface area contributed by atoms with Crippen LogP contribution in [0.5, 0.6) is 0 Å². The van der Waals surface area contributed by atoms with Gasteiger partial charge < -0.3 is 9.80 Å². The van der Waals surface area contributed by atoms with Crippen molar-refractivity contribution in [3.63, 3.8) is 0 Å². The second kappa shape index (κ2) is 6.33. The van der Waals surface area contributed by atoms with Gasteiger partial charge in [0.15, 0.2) is 0 Å². The number of rotatable bonds is 2. The van der Waals surface area contributed by atoms with Gasteiger partial charge in [-0.15, -0.1) is 5.10 Å². The lowest BCUT2D eigenvalue weighted by molar-refractivity contribution is 0.0734. The molecule has 0 aliphatic carbocycles. The Morgan fingerprint density at radius 2 is 2.00 bits per heavy atom. The highest BCUT2D eigenvalue weighted by Gasteiger charge is 2.25. The van der Waals surface area contributed by atoms with Crippen LogP contribution in [0.2, 0.25) is 5.02 Å². The largest absolute Gasteiger partial charge is 0.368 e. The Labute approximate surface area is 149 Å². The normalized spacial score (nSPS) is 15.0. The van der Waals surface area contributed by atoms with Gasteiger partial charge >= 0.3 is 0 Å². The fourth-order valence-electron chi connectivity index (χ4n) is 2.95. The van der Waals surface area contributed by atoms with E-state index in [0.717, 1.165) is 24.3 Å². The molecule has 1 saturated heterocycles. The van der Waals surface area contributed by atoms with Crippen LogP contribution < -0.4 is 4.90 Å². The molecule has 0 saturated carbocycles. The number of halogens is 1. The van der Waals surface area contributed by atoms with E-state index in [0.29, 0.717) is 23.9 Å². The van der Waals surface area contributed by atoms with E-state index < -0.39 is 0 Å². The van der Waals surface area contributed by atoms with Crippen LogP contribution in [-0.4, -0.2) is 56.6 Å². The summed E-state index contributed by atoms with van der Waals surface area (Å²) >= 11 is 6.06. The number of carbonyl (C=O) groups is 1. The van der Waals surface area contributed by atoms with Gasteiger partial charge in [0.05, 0.1) is 0 Å². The van der Waals surface area contributed by atoms with E-state index in [1.807, 2.05) is 37.4 Å². The van der Waals surface area contributed by atoms with Gasteiger partial charge in [-0.3, -0.25) is 4.79 Å². The number of piperazine rings is 1. The van der Waals surface area contributed by atoms with Gasteiger partial charge in [0, 0.05) is 49.3 Å². The molecule has 2 aromatic heterocycles. The lowest BCUT2D eigenvalue weighted by Crippen LogP contribution is -2.49. The van der Waals surface area contributed by atoms with Crippen molar-refractivity contribution in [2.45, 2.75) is 6.92 Å². The van der Waals surface area contributed by atoms with Crippen molar-refractivity contribution in [1.82, 2.24) is 24.5 Å². The Kier molecular flexibility index (Phi) is 4.01. The second-order valence-electron chi connectivity index (χ2n) is 6.07. The predicted octanol–water partition coefficient (Wildman–Crippen LogP) is 2.05. The third-order valence-electron chi connectivity index (χ3n) is 4.25. The number of hydrogen-bond acceptors (Lipinski definition) is 5. The van der Waals surface area contributed by atoms with E-state index in [1.165, 1.54) is 0 Å². The number of aromatic nitrogens is 4. The maximum Gasteiger partial charge on any atom is 0.293 e. The molecule has 8 heteroatoms. The minimum absolute atomic E-state index is 0.158. The number of benzene rings is 1. The van der Waals surface area contributed by atoms with E-state index in [9.17, 15) is 4.79 Å². The predicted molar refractivity (Wildman–Crippen MR) is 95.1 cm³/mol. The number of aryl methyl sites for hydroxylation is 1. The van der Waals surface area contributed by atoms with Crippen LogP contribution in [0.4, 0.5) is 5.69 Å². The molecule has 0 bridgehead atoms. The van der Waals surface area contributed by atoms with Crippen molar-refractivity contribution in [2.24, 2.45) is 0 Å². The zero-order valence-corrected chi connectivity index (χ0v) is 14.5. The average molecular weight is 357 g/mol. The first-order chi connectivity index (χ1) is 12.1. The Hall–Kier alpha value is -2.67. The van der Waals surface area contributed by atoms with Gasteiger partial charge in [-0.25, -0.2) is 9.50 Å². The van der Waals surface area contributed by atoms with Gasteiger partial charge in [-0.1, -0.05) is 17.7 Å². The molecule has 3 heterocycles. The Bertz CT molecular complexity index is 932. The molecule has 128 valence electrons. The second-order valence-corrected chi connectivity index (χ2v) is 6.51. The van der Waals surface area contributed by atoms with Crippen molar-refractivity contribution >= 4 is 29.0 Å². The molecule has 7 nitrogen and oxygen atoms in total. The number of carbonyl (C=O) groups excluding carboxylic acids is 1. The molecule has 1 fully saturated rings. The maximum atomic E-state index is 12.7. The standard InChI is InChI=1S/C17H17ClN6O/c1-12-10-19-17-20-15(21-24(17)11-12)16(25)23-7-5-22(6-8-23)14-4-2-3-13(18)9-14/h2-4,9-11H,5-8H2,1H3. The molecule has 1 aliphatic heterocycles. The SMILES string of the molecule is Cc1cnc2nc(C(=O)N3CCN(c4cccc(Cl)c4)CC3)nn2c1. The first kappa shape index (κ1) is 15.8. The van der Waals surface area contributed by atoms with Crippen molar-refractivity contribution in [1.29, 1.82) is 0 Å². The summed E-state index contributed by atoms with van der Waals surface area (Å²) in [6.45, 7) is 4.65. The smallest absolute Gasteiger partial charge is 0.293 e. The molecule has 0 radical (unpaired) electrons. The highest BCUT2D eigenvalue weighted by molar-refractivity contribution is 6.30. The Balaban J connectivity index is 1.47. The molecule has 3 aromatic rings. The maximum absolute atomic E-state index is 12.7. The fraction of sp³-hybridized carbons (Fsp3) is 0.294. The number of nitrogens with zero attached hydrogens (tertiary/aromatic N) is 6. The Morgan fingerprint density at radius 1 is 1.20 bits per heavy atom. The van der Waals surface area contributed by atoms with E-state index in [2.05, 4.69) is 20.0 Å². The fourth-order valence-corrected chi connectivity index (χ4v) is 3.13. The number of anilines is 1. The van der Waals surface area contributed by atoms with Gasteiger partial charge in [-0.2, -0.15) is 4.98 Å². The quantitative estimate of drug-likeness (QED) is 0.703. The summed E-state index contributed by atoms with van der Waals surface area (Å²) in [6.07, 6.45) is 3.52.